The second-order valence-corrected chi connectivity index (χ2v) is 5.93. The molecule has 1 aromatic carbocycles. The number of para-hydroxylation sites is 1. The number of ether oxygens (including phenoxy) is 2. The minimum Gasteiger partial charge on any atom is -0.492 e. The van der Waals surface area contributed by atoms with Gasteiger partial charge in [-0.1, -0.05) is 32.0 Å². The summed E-state index contributed by atoms with van der Waals surface area (Å²) >= 11 is 0. The standard InChI is InChI=1S/C17H28N2O2/c1-15(2)13-18-14-16-5-3-4-6-17(16)21-12-9-19-7-10-20-11-8-19/h3-6,15,18H,7-14H2,1-2H3. The summed E-state index contributed by atoms with van der Waals surface area (Å²) in [7, 11) is 0. The highest BCUT2D eigenvalue weighted by Gasteiger charge is 2.10. The lowest BCUT2D eigenvalue weighted by molar-refractivity contribution is 0.0322. The van der Waals surface area contributed by atoms with Crippen molar-refractivity contribution in [1.29, 1.82) is 0 Å². The summed E-state index contributed by atoms with van der Waals surface area (Å²) in [6, 6.07) is 8.31. The SMILES string of the molecule is CC(C)CNCc1ccccc1OCCN1CCOCC1. The van der Waals surface area contributed by atoms with E-state index in [9.17, 15) is 0 Å². The molecule has 0 atom stereocenters. The highest BCUT2D eigenvalue weighted by Crippen LogP contribution is 2.17. The lowest BCUT2D eigenvalue weighted by Crippen LogP contribution is -2.38. The van der Waals surface area contributed by atoms with Gasteiger partial charge in [0.05, 0.1) is 13.2 Å². The summed E-state index contributed by atoms with van der Waals surface area (Å²) in [5, 5.41) is 3.47. The van der Waals surface area contributed by atoms with Gasteiger partial charge in [0.25, 0.3) is 0 Å². The van der Waals surface area contributed by atoms with Crippen molar-refractivity contribution in [1.82, 2.24) is 10.2 Å². The van der Waals surface area contributed by atoms with Crippen LogP contribution in [0.4, 0.5) is 0 Å². The highest BCUT2D eigenvalue weighted by molar-refractivity contribution is 5.33. The van der Waals surface area contributed by atoms with E-state index in [-0.39, 0.29) is 0 Å². The summed E-state index contributed by atoms with van der Waals surface area (Å²) in [4.78, 5) is 2.39. The molecule has 0 radical (unpaired) electrons. The largest absolute Gasteiger partial charge is 0.492 e. The Bertz CT molecular complexity index is 404. The third-order valence-corrected chi connectivity index (χ3v) is 3.61. The van der Waals surface area contributed by atoms with E-state index >= 15 is 0 Å². The smallest absolute Gasteiger partial charge is 0.123 e. The minimum atomic E-state index is 0.666. The van der Waals surface area contributed by atoms with Crippen molar-refractivity contribution >= 4 is 0 Å². The molecule has 0 amide bonds. The van der Waals surface area contributed by atoms with Crippen molar-refractivity contribution in [3.8, 4) is 5.75 Å². The fraction of sp³-hybridized carbons (Fsp3) is 0.647. The first-order valence-electron chi connectivity index (χ1n) is 7.97. The molecule has 4 heteroatoms. The van der Waals surface area contributed by atoms with Crippen LogP contribution < -0.4 is 10.1 Å². The van der Waals surface area contributed by atoms with Crippen molar-refractivity contribution in [2.75, 3.05) is 46.0 Å². The molecule has 0 saturated carbocycles. The highest BCUT2D eigenvalue weighted by atomic mass is 16.5. The Morgan fingerprint density at radius 1 is 1.24 bits per heavy atom. The van der Waals surface area contributed by atoms with E-state index in [4.69, 9.17) is 9.47 Å². The molecule has 2 rings (SSSR count). The molecule has 1 aliphatic rings. The Hall–Kier alpha value is -1.10. The summed E-state index contributed by atoms with van der Waals surface area (Å²) < 4.78 is 11.3. The van der Waals surface area contributed by atoms with Gasteiger partial charge in [-0.15, -0.1) is 0 Å². The summed E-state index contributed by atoms with van der Waals surface area (Å²) in [5.74, 6) is 1.67. The van der Waals surface area contributed by atoms with Crippen molar-refractivity contribution in [3.63, 3.8) is 0 Å². The Balaban J connectivity index is 1.76. The van der Waals surface area contributed by atoms with Crippen LogP contribution in [0, 0.1) is 5.92 Å². The van der Waals surface area contributed by atoms with Crippen molar-refractivity contribution in [2.24, 2.45) is 5.92 Å². The first-order chi connectivity index (χ1) is 10.3. The average molecular weight is 292 g/mol. The molecule has 1 N–H and O–H groups in total. The molecular formula is C17H28N2O2. The maximum absolute atomic E-state index is 5.97. The average Bonchev–Trinajstić information content (AvgIpc) is 2.49. The summed E-state index contributed by atoms with van der Waals surface area (Å²) in [6.07, 6.45) is 0. The minimum absolute atomic E-state index is 0.666. The van der Waals surface area contributed by atoms with E-state index in [1.165, 1.54) is 5.56 Å². The maximum atomic E-state index is 5.97. The monoisotopic (exact) mass is 292 g/mol. The predicted octanol–water partition coefficient (Wildman–Crippen LogP) is 2.14. The predicted molar refractivity (Wildman–Crippen MR) is 85.7 cm³/mol. The van der Waals surface area contributed by atoms with Gasteiger partial charge >= 0.3 is 0 Å². The lowest BCUT2D eigenvalue weighted by atomic mass is 10.2. The van der Waals surface area contributed by atoms with E-state index in [1.54, 1.807) is 0 Å². The molecule has 0 bridgehead atoms. The van der Waals surface area contributed by atoms with Crippen LogP contribution in [0.25, 0.3) is 0 Å². The van der Waals surface area contributed by atoms with E-state index in [2.05, 4.69) is 42.3 Å². The zero-order chi connectivity index (χ0) is 14.9. The molecule has 0 aromatic heterocycles. The van der Waals surface area contributed by atoms with Crippen molar-refractivity contribution in [2.45, 2.75) is 20.4 Å². The molecular weight excluding hydrogens is 264 g/mol. The van der Waals surface area contributed by atoms with E-state index in [0.717, 1.165) is 58.3 Å². The maximum Gasteiger partial charge on any atom is 0.123 e. The Morgan fingerprint density at radius 3 is 2.76 bits per heavy atom. The van der Waals surface area contributed by atoms with Crippen LogP contribution in [0.5, 0.6) is 5.75 Å². The number of nitrogens with one attached hydrogen (secondary N) is 1. The number of hydrogen-bond donors (Lipinski definition) is 1. The molecule has 118 valence electrons. The fourth-order valence-electron chi connectivity index (χ4n) is 2.40. The van der Waals surface area contributed by atoms with Crippen LogP contribution in [0.1, 0.15) is 19.4 Å². The number of rotatable bonds is 8. The van der Waals surface area contributed by atoms with Gasteiger partial charge in [0.15, 0.2) is 0 Å². The van der Waals surface area contributed by atoms with Gasteiger partial charge in [0, 0.05) is 31.7 Å². The van der Waals surface area contributed by atoms with Gasteiger partial charge in [0.1, 0.15) is 12.4 Å². The van der Waals surface area contributed by atoms with Gasteiger partial charge in [-0.3, -0.25) is 4.90 Å². The summed E-state index contributed by atoms with van der Waals surface area (Å²) in [6.45, 7) is 11.8. The first kappa shape index (κ1) is 16.3. The van der Waals surface area contributed by atoms with Crippen LogP contribution in [0.15, 0.2) is 24.3 Å². The molecule has 1 aliphatic heterocycles. The van der Waals surface area contributed by atoms with Crippen LogP contribution in [-0.2, 0) is 11.3 Å². The summed E-state index contributed by atoms with van der Waals surface area (Å²) in [5.41, 5.74) is 1.24. The molecule has 0 spiro atoms. The van der Waals surface area contributed by atoms with Gasteiger partial charge in [-0.2, -0.15) is 0 Å². The van der Waals surface area contributed by atoms with Crippen molar-refractivity contribution < 1.29 is 9.47 Å². The van der Waals surface area contributed by atoms with Gasteiger partial charge in [-0.25, -0.2) is 0 Å². The molecule has 1 aromatic rings. The zero-order valence-electron chi connectivity index (χ0n) is 13.3. The number of benzene rings is 1. The topological polar surface area (TPSA) is 33.7 Å². The van der Waals surface area contributed by atoms with Crippen LogP contribution in [-0.4, -0.2) is 50.9 Å². The number of hydrogen-bond acceptors (Lipinski definition) is 4. The van der Waals surface area contributed by atoms with Crippen LogP contribution in [0.3, 0.4) is 0 Å². The normalized spacial score (nSPS) is 16.3. The zero-order valence-corrected chi connectivity index (χ0v) is 13.3. The van der Waals surface area contributed by atoms with E-state index in [1.807, 2.05) is 6.07 Å². The van der Waals surface area contributed by atoms with Gasteiger partial charge in [-0.05, 0) is 18.5 Å². The van der Waals surface area contributed by atoms with Crippen LogP contribution >= 0.6 is 0 Å². The van der Waals surface area contributed by atoms with E-state index < -0.39 is 0 Å². The Morgan fingerprint density at radius 2 is 2.00 bits per heavy atom. The third-order valence-electron chi connectivity index (χ3n) is 3.61. The third kappa shape index (κ3) is 6.04. The van der Waals surface area contributed by atoms with Crippen LogP contribution in [0.2, 0.25) is 0 Å². The van der Waals surface area contributed by atoms with Gasteiger partial charge in [0.2, 0.25) is 0 Å². The molecule has 21 heavy (non-hydrogen) atoms. The number of morpholine rings is 1. The molecule has 1 heterocycles. The molecule has 4 nitrogen and oxygen atoms in total. The number of nitrogens with zero attached hydrogens (tertiary/aromatic N) is 1. The first-order valence-corrected chi connectivity index (χ1v) is 7.97. The lowest BCUT2D eigenvalue weighted by Gasteiger charge is -2.26. The quantitative estimate of drug-likeness (QED) is 0.796. The molecule has 0 aliphatic carbocycles. The van der Waals surface area contributed by atoms with Gasteiger partial charge < -0.3 is 14.8 Å². The Kier molecular flexibility index (Phi) is 7.00. The Labute approximate surface area is 128 Å². The molecule has 0 unspecified atom stereocenters. The van der Waals surface area contributed by atoms with E-state index in [0.29, 0.717) is 5.92 Å². The fourth-order valence-corrected chi connectivity index (χ4v) is 2.40. The van der Waals surface area contributed by atoms with Crippen molar-refractivity contribution in [3.05, 3.63) is 29.8 Å². The second-order valence-electron chi connectivity index (χ2n) is 5.93. The molecule has 1 fully saturated rings. The molecule has 1 saturated heterocycles. The second kappa shape index (κ2) is 9.03.